The van der Waals surface area contributed by atoms with Crippen molar-refractivity contribution in [2.45, 2.75) is 39.7 Å². The van der Waals surface area contributed by atoms with Crippen molar-refractivity contribution in [2.24, 2.45) is 0 Å². The first-order valence-corrected chi connectivity index (χ1v) is 9.33. The van der Waals surface area contributed by atoms with Crippen LogP contribution in [0.1, 0.15) is 60.3 Å². The summed E-state index contributed by atoms with van der Waals surface area (Å²) in [5, 5.41) is 10.8. The summed E-state index contributed by atoms with van der Waals surface area (Å²) in [6.45, 7) is 9.75. The summed E-state index contributed by atoms with van der Waals surface area (Å²) in [5.41, 5.74) is 4.47. The molecule has 28 heavy (non-hydrogen) atoms. The largest absolute Gasteiger partial charge is 0.507 e. The van der Waals surface area contributed by atoms with E-state index in [1.165, 1.54) is 0 Å². The number of carbonyl (C=O) groups is 1. The molecule has 2 aromatic carbocycles. The molecule has 3 rings (SSSR count). The van der Waals surface area contributed by atoms with E-state index in [-0.39, 0.29) is 18.0 Å². The Morgan fingerprint density at radius 1 is 1.29 bits per heavy atom. The Labute approximate surface area is 166 Å². The molecule has 0 unspecified atom stereocenters. The van der Waals surface area contributed by atoms with Crippen LogP contribution < -0.4 is 9.47 Å². The number of ether oxygens (including phenoxy) is 2. The van der Waals surface area contributed by atoms with Gasteiger partial charge in [0, 0.05) is 11.1 Å². The molecule has 1 atom stereocenters. The fraction of sp³-hybridized carbons (Fsp3) is 0.292. The molecule has 146 valence electrons. The second-order valence-electron chi connectivity index (χ2n) is 7.40. The van der Waals surface area contributed by atoms with Gasteiger partial charge in [0.1, 0.15) is 23.4 Å². The van der Waals surface area contributed by atoms with Gasteiger partial charge in [0.2, 0.25) is 0 Å². The third-order valence-corrected chi connectivity index (χ3v) is 4.94. The fourth-order valence-electron chi connectivity index (χ4n) is 3.34. The standard InChI is InChI=1S/C24H26O4/c1-14(2)6-11-18-23(26)19(15(3)4)12-20-21(25)13-22(28-24(18)20)16-7-9-17(27-5)10-8-16/h6-10,12,22,26H,3,11,13H2,1-2,4-5H3/t22-/m0/s1. The number of ketones is 1. The molecule has 0 bridgehead atoms. The van der Waals surface area contributed by atoms with Crippen LogP contribution in [0, 0.1) is 0 Å². The molecular formula is C24H26O4. The summed E-state index contributed by atoms with van der Waals surface area (Å²) < 4.78 is 11.5. The van der Waals surface area contributed by atoms with Crippen molar-refractivity contribution in [1.29, 1.82) is 0 Å². The second kappa shape index (κ2) is 7.93. The molecule has 0 saturated carbocycles. The summed E-state index contributed by atoms with van der Waals surface area (Å²) in [5.74, 6) is 1.35. The lowest BCUT2D eigenvalue weighted by molar-refractivity contribution is 0.0847. The summed E-state index contributed by atoms with van der Waals surface area (Å²) in [6, 6.07) is 9.21. The van der Waals surface area contributed by atoms with Crippen LogP contribution in [0.2, 0.25) is 0 Å². The highest BCUT2D eigenvalue weighted by Crippen LogP contribution is 2.44. The molecule has 1 aliphatic rings. The van der Waals surface area contributed by atoms with E-state index < -0.39 is 6.10 Å². The Bertz CT molecular complexity index is 948. The number of methoxy groups -OCH3 is 1. The molecule has 0 radical (unpaired) electrons. The van der Waals surface area contributed by atoms with Crippen molar-refractivity contribution in [3.63, 3.8) is 0 Å². The average molecular weight is 378 g/mol. The summed E-state index contributed by atoms with van der Waals surface area (Å²) in [7, 11) is 1.61. The lowest BCUT2D eigenvalue weighted by Gasteiger charge is -2.29. The Balaban J connectivity index is 2.09. The Morgan fingerprint density at radius 2 is 1.96 bits per heavy atom. The van der Waals surface area contributed by atoms with E-state index >= 15 is 0 Å². The Hall–Kier alpha value is -3.01. The number of phenolic OH excluding ortho intramolecular Hbond substituents is 1. The quantitative estimate of drug-likeness (QED) is 0.683. The van der Waals surface area contributed by atoms with Gasteiger partial charge in [-0.3, -0.25) is 4.79 Å². The van der Waals surface area contributed by atoms with Crippen molar-refractivity contribution < 1.29 is 19.4 Å². The number of phenols is 1. The van der Waals surface area contributed by atoms with Crippen LogP contribution >= 0.6 is 0 Å². The maximum absolute atomic E-state index is 12.9. The number of rotatable bonds is 5. The Morgan fingerprint density at radius 3 is 2.54 bits per heavy atom. The number of carbonyl (C=O) groups excluding carboxylic acids is 1. The smallest absolute Gasteiger partial charge is 0.170 e. The number of hydrogen-bond acceptors (Lipinski definition) is 4. The lowest BCUT2D eigenvalue weighted by atomic mass is 9.89. The number of hydrogen-bond donors (Lipinski definition) is 1. The van der Waals surface area contributed by atoms with Gasteiger partial charge in [-0.25, -0.2) is 0 Å². The van der Waals surface area contributed by atoms with Gasteiger partial charge in [0.05, 0.1) is 19.1 Å². The second-order valence-corrected chi connectivity index (χ2v) is 7.40. The molecule has 0 amide bonds. The van der Waals surface area contributed by atoms with Gasteiger partial charge in [0.15, 0.2) is 5.78 Å². The molecule has 1 aliphatic heterocycles. The predicted octanol–water partition coefficient (Wildman–Crippen LogP) is 5.65. The third-order valence-electron chi connectivity index (χ3n) is 4.94. The van der Waals surface area contributed by atoms with Gasteiger partial charge < -0.3 is 14.6 Å². The van der Waals surface area contributed by atoms with E-state index in [1.54, 1.807) is 13.2 Å². The first kappa shape index (κ1) is 19.7. The fourth-order valence-corrected chi connectivity index (χ4v) is 3.34. The van der Waals surface area contributed by atoms with E-state index in [2.05, 4.69) is 6.58 Å². The van der Waals surface area contributed by atoms with Crippen LogP contribution in [0.15, 0.2) is 48.6 Å². The van der Waals surface area contributed by atoms with E-state index in [0.29, 0.717) is 34.4 Å². The zero-order chi connectivity index (χ0) is 20.4. The molecule has 1 N–H and O–H groups in total. The van der Waals surface area contributed by atoms with Crippen LogP contribution in [0.5, 0.6) is 17.2 Å². The molecule has 0 fully saturated rings. The minimum absolute atomic E-state index is 0.00279. The first-order chi connectivity index (χ1) is 13.3. The molecule has 4 nitrogen and oxygen atoms in total. The first-order valence-electron chi connectivity index (χ1n) is 9.33. The van der Waals surface area contributed by atoms with Crippen LogP contribution in [-0.4, -0.2) is 18.0 Å². The van der Waals surface area contributed by atoms with Crippen molar-refractivity contribution in [2.75, 3.05) is 7.11 Å². The van der Waals surface area contributed by atoms with Gasteiger partial charge in [0.25, 0.3) is 0 Å². The van der Waals surface area contributed by atoms with Crippen molar-refractivity contribution >= 4 is 11.4 Å². The van der Waals surface area contributed by atoms with E-state index in [9.17, 15) is 9.90 Å². The monoisotopic (exact) mass is 378 g/mol. The van der Waals surface area contributed by atoms with Crippen molar-refractivity contribution in [1.82, 2.24) is 0 Å². The highest BCUT2D eigenvalue weighted by Gasteiger charge is 2.32. The summed E-state index contributed by atoms with van der Waals surface area (Å²) in [4.78, 5) is 12.9. The summed E-state index contributed by atoms with van der Waals surface area (Å²) in [6.07, 6.45) is 2.36. The maximum Gasteiger partial charge on any atom is 0.170 e. The number of aromatic hydroxyl groups is 1. The van der Waals surface area contributed by atoms with Gasteiger partial charge in [-0.1, -0.05) is 30.4 Å². The number of benzene rings is 2. The topological polar surface area (TPSA) is 55.8 Å². The number of allylic oxidation sites excluding steroid dienone is 3. The van der Waals surface area contributed by atoms with Crippen LogP contribution in [-0.2, 0) is 6.42 Å². The van der Waals surface area contributed by atoms with Gasteiger partial charge in [-0.05, 0) is 56.5 Å². The highest BCUT2D eigenvalue weighted by molar-refractivity contribution is 6.02. The molecule has 0 spiro atoms. The summed E-state index contributed by atoms with van der Waals surface area (Å²) >= 11 is 0. The highest BCUT2D eigenvalue weighted by atomic mass is 16.5. The molecule has 0 aliphatic carbocycles. The Kier molecular flexibility index (Phi) is 5.59. The minimum Gasteiger partial charge on any atom is -0.507 e. The van der Waals surface area contributed by atoms with Crippen LogP contribution in [0.4, 0.5) is 0 Å². The van der Waals surface area contributed by atoms with Gasteiger partial charge in [-0.15, -0.1) is 0 Å². The predicted molar refractivity (Wildman–Crippen MR) is 111 cm³/mol. The van der Waals surface area contributed by atoms with Gasteiger partial charge >= 0.3 is 0 Å². The lowest BCUT2D eigenvalue weighted by Crippen LogP contribution is -2.22. The van der Waals surface area contributed by atoms with Gasteiger partial charge in [-0.2, -0.15) is 0 Å². The minimum atomic E-state index is -0.397. The maximum atomic E-state index is 12.9. The molecule has 2 aromatic rings. The van der Waals surface area contributed by atoms with Crippen LogP contribution in [0.3, 0.4) is 0 Å². The van der Waals surface area contributed by atoms with E-state index in [0.717, 1.165) is 16.9 Å². The van der Waals surface area contributed by atoms with Crippen LogP contribution in [0.25, 0.3) is 5.57 Å². The van der Waals surface area contributed by atoms with E-state index in [1.807, 2.05) is 51.1 Å². The van der Waals surface area contributed by atoms with Crippen molar-refractivity contribution in [3.8, 4) is 17.2 Å². The SMILES string of the molecule is C=C(C)c1cc2c(c(CC=C(C)C)c1O)O[C@H](c1ccc(OC)cc1)CC2=O. The molecule has 4 heteroatoms. The zero-order valence-electron chi connectivity index (χ0n) is 16.8. The molecule has 0 aromatic heterocycles. The number of Topliss-reactive ketones (excluding diaryl/α,β-unsaturated/α-hetero) is 1. The zero-order valence-corrected chi connectivity index (χ0v) is 16.8. The molecule has 0 saturated heterocycles. The van der Waals surface area contributed by atoms with Crippen molar-refractivity contribution in [3.05, 3.63) is 70.8 Å². The average Bonchev–Trinajstić information content (AvgIpc) is 2.66. The van der Waals surface area contributed by atoms with E-state index in [4.69, 9.17) is 9.47 Å². The normalized spacial score (nSPS) is 15.4. The molecular weight excluding hydrogens is 352 g/mol. The number of fused-ring (bicyclic) bond motifs is 1. The molecule has 1 heterocycles. The third kappa shape index (κ3) is 3.81.